The molecule has 0 bridgehead atoms. The predicted molar refractivity (Wildman–Crippen MR) is 107 cm³/mol. The van der Waals surface area contributed by atoms with E-state index >= 15 is 0 Å². The molecule has 4 heteroatoms. The molecular formula is C22H23NO2S. The molecule has 26 heavy (non-hydrogen) atoms. The standard InChI is InChI=1S/C22H23NO2S/c1-16(2)22(20-13-8-14-26-20)23-21(24)15-25-19-12-7-6-11-18(19)17-9-4-3-5-10-17/h3-14,16,22H,15H2,1-2H3,(H,23,24). The molecule has 134 valence electrons. The molecule has 1 N–H and O–H groups in total. The monoisotopic (exact) mass is 365 g/mol. The van der Waals surface area contributed by atoms with Gasteiger partial charge in [-0.1, -0.05) is 68.4 Å². The fourth-order valence-corrected chi connectivity index (χ4v) is 3.79. The molecule has 2 aromatic carbocycles. The molecule has 3 nitrogen and oxygen atoms in total. The molecule has 0 radical (unpaired) electrons. The first kappa shape index (κ1) is 18.2. The number of amides is 1. The van der Waals surface area contributed by atoms with Gasteiger partial charge in [-0.15, -0.1) is 11.3 Å². The summed E-state index contributed by atoms with van der Waals surface area (Å²) in [4.78, 5) is 13.6. The van der Waals surface area contributed by atoms with E-state index in [2.05, 4.69) is 25.2 Å². The fraction of sp³-hybridized carbons (Fsp3) is 0.227. The van der Waals surface area contributed by atoms with E-state index in [-0.39, 0.29) is 18.6 Å². The molecule has 3 aromatic rings. The number of ether oxygens (including phenoxy) is 1. The van der Waals surface area contributed by atoms with Gasteiger partial charge in [0.1, 0.15) is 5.75 Å². The second-order valence-corrected chi connectivity index (χ2v) is 7.43. The second-order valence-electron chi connectivity index (χ2n) is 6.46. The van der Waals surface area contributed by atoms with Crippen molar-refractivity contribution in [3.05, 3.63) is 77.0 Å². The Morgan fingerprint density at radius 1 is 1.00 bits per heavy atom. The minimum atomic E-state index is -0.111. The van der Waals surface area contributed by atoms with E-state index in [0.717, 1.165) is 16.0 Å². The lowest BCUT2D eigenvalue weighted by Gasteiger charge is -2.21. The van der Waals surface area contributed by atoms with E-state index in [1.165, 1.54) is 0 Å². The van der Waals surface area contributed by atoms with Gasteiger partial charge in [0, 0.05) is 10.4 Å². The van der Waals surface area contributed by atoms with Gasteiger partial charge in [-0.2, -0.15) is 0 Å². The summed E-state index contributed by atoms with van der Waals surface area (Å²) < 4.78 is 5.84. The van der Waals surface area contributed by atoms with E-state index in [4.69, 9.17) is 4.74 Å². The Labute approximate surface area is 158 Å². The van der Waals surface area contributed by atoms with Crippen LogP contribution >= 0.6 is 11.3 Å². The molecule has 3 rings (SSSR count). The van der Waals surface area contributed by atoms with Gasteiger partial charge in [0.05, 0.1) is 6.04 Å². The van der Waals surface area contributed by atoms with E-state index in [1.807, 2.05) is 66.0 Å². The number of hydrogen-bond acceptors (Lipinski definition) is 3. The summed E-state index contributed by atoms with van der Waals surface area (Å²) in [7, 11) is 0. The van der Waals surface area contributed by atoms with Gasteiger partial charge in [0.15, 0.2) is 6.61 Å². The van der Waals surface area contributed by atoms with E-state index in [0.29, 0.717) is 11.7 Å². The minimum absolute atomic E-state index is 0.00155. The van der Waals surface area contributed by atoms with Crippen LogP contribution in [0, 0.1) is 5.92 Å². The van der Waals surface area contributed by atoms with Crippen LogP contribution in [0.5, 0.6) is 5.75 Å². The average Bonchev–Trinajstić information content (AvgIpc) is 3.19. The van der Waals surface area contributed by atoms with Crippen molar-refractivity contribution in [3.8, 4) is 16.9 Å². The maximum Gasteiger partial charge on any atom is 0.258 e. The maximum absolute atomic E-state index is 12.4. The summed E-state index contributed by atoms with van der Waals surface area (Å²) in [5.74, 6) is 0.917. The Hall–Kier alpha value is -2.59. The van der Waals surface area contributed by atoms with E-state index < -0.39 is 0 Å². The molecule has 1 unspecified atom stereocenters. The molecule has 0 aliphatic heterocycles. The SMILES string of the molecule is CC(C)C(NC(=O)COc1ccccc1-c1ccccc1)c1cccs1. The highest BCUT2D eigenvalue weighted by Crippen LogP contribution is 2.30. The van der Waals surface area contributed by atoms with Crippen molar-refractivity contribution >= 4 is 17.2 Å². The summed E-state index contributed by atoms with van der Waals surface area (Å²) in [6.45, 7) is 4.21. The summed E-state index contributed by atoms with van der Waals surface area (Å²) in [5, 5.41) is 5.13. The predicted octanol–water partition coefficient (Wildman–Crippen LogP) is 5.31. The summed E-state index contributed by atoms with van der Waals surface area (Å²) in [6.07, 6.45) is 0. The van der Waals surface area contributed by atoms with Gasteiger partial charge in [-0.3, -0.25) is 4.79 Å². The van der Waals surface area contributed by atoms with Crippen LogP contribution < -0.4 is 10.1 Å². The van der Waals surface area contributed by atoms with Crippen molar-refractivity contribution in [1.82, 2.24) is 5.32 Å². The highest BCUT2D eigenvalue weighted by Gasteiger charge is 2.19. The van der Waals surface area contributed by atoms with Crippen LogP contribution in [0.25, 0.3) is 11.1 Å². The Morgan fingerprint density at radius 3 is 2.42 bits per heavy atom. The van der Waals surface area contributed by atoms with Crippen LogP contribution in [0.3, 0.4) is 0 Å². The van der Waals surface area contributed by atoms with Crippen molar-refractivity contribution in [3.63, 3.8) is 0 Å². The van der Waals surface area contributed by atoms with E-state index in [9.17, 15) is 4.79 Å². The fourth-order valence-electron chi connectivity index (χ4n) is 2.84. The number of benzene rings is 2. The molecule has 1 aromatic heterocycles. The molecular weight excluding hydrogens is 342 g/mol. The summed E-state index contributed by atoms with van der Waals surface area (Å²) in [6, 6.07) is 21.9. The quantitative estimate of drug-likeness (QED) is 0.616. The largest absolute Gasteiger partial charge is 0.483 e. The highest BCUT2D eigenvalue weighted by atomic mass is 32.1. The van der Waals surface area contributed by atoms with Gasteiger partial charge < -0.3 is 10.1 Å². The lowest BCUT2D eigenvalue weighted by atomic mass is 10.0. The molecule has 1 heterocycles. The second kappa shape index (κ2) is 8.68. The zero-order chi connectivity index (χ0) is 18.4. The number of hydrogen-bond donors (Lipinski definition) is 1. The summed E-state index contributed by atoms with van der Waals surface area (Å²) in [5.41, 5.74) is 2.06. The van der Waals surface area contributed by atoms with Crippen LogP contribution in [0.2, 0.25) is 0 Å². The van der Waals surface area contributed by atoms with Crippen molar-refractivity contribution in [2.24, 2.45) is 5.92 Å². The number of para-hydroxylation sites is 1. The molecule has 1 atom stereocenters. The van der Waals surface area contributed by atoms with Crippen molar-refractivity contribution in [2.45, 2.75) is 19.9 Å². The van der Waals surface area contributed by atoms with Gasteiger partial charge in [0.2, 0.25) is 0 Å². The lowest BCUT2D eigenvalue weighted by molar-refractivity contribution is -0.124. The first-order valence-electron chi connectivity index (χ1n) is 8.75. The Morgan fingerprint density at radius 2 is 1.73 bits per heavy atom. The molecule has 0 aliphatic rings. The third-order valence-corrected chi connectivity index (χ3v) is 5.12. The third kappa shape index (κ3) is 4.52. The number of rotatable bonds is 7. The Bertz CT molecular complexity index is 828. The first-order valence-corrected chi connectivity index (χ1v) is 9.63. The van der Waals surface area contributed by atoms with Crippen molar-refractivity contribution in [1.29, 1.82) is 0 Å². The highest BCUT2D eigenvalue weighted by molar-refractivity contribution is 7.10. The van der Waals surface area contributed by atoms with E-state index in [1.54, 1.807) is 11.3 Å². The molecule has 0 saturated heterocycles. The topological polar surface area (TPSA) is 38.3 Å². The normalized spacial score (nSPS) is 12.0. The van der Waals surface area contributed by atoms with Crippen LogP contribution in [0.4, 0.5) is 0 Å². The van der Waals surface area contributed by atoms with Gasteiger partial charge in [-0.25, -0.2) is 0 Å². The zero-order valence-electron chi connectivity index (χ0n) is 15.0. The number of nitrogens with one attached hydrogen (secondary N) is 1. The Balaban J connectivity index is 1.67. The van der Waals surface area contributed by atoms with Gasteiger partial charge in [-0.05, 0) is 29.0 Å². The molecule has 0 saturated carbocycles. The average molecular weight is 365 g/mol. The Kier molecular flexibility index (Phi) is 6.08. The van der Waals surface area contributed by atoms with Gasteiger partial charge in [0.25, 0.3) is 5.91 Å². The third-order valence-electron chi connectivity index (χ3n) is 4.16. The zero-order valence-corrected chi connectivity index (χ0v) is 15.8. The first-order chi connectivity index (χ1) is 12.6. The maximum atomic E-state index is 12.4. The lowest BCUT2D eigenvalue weighted by Crippen LogP contribution is -2.34. The van der Waals surface area contributed by atoms with Crippen LogP contribution in [0.15, 0.2) is 72.1 Å². The van der Waals surface area contributed by atoms with Crippen LogP contribution in [0.1, 0.15) is 24.8 Å². The molecule has 0 spiro atoms. The molecule has 1 amide bonds. The van der Waals surface area contributed by atoms with Gasteiger partial charge >= 0.3 is 0 Å². The smallest absolute Gasteiger partial charge is 0.258 e. The number of carbonyl (C=O) groups excluding carboxylic acids is 1. The number of thiophene rings is 1. The molecule has 0 fully saturated rings. The van der Waals surface area contributed by atoms with Crippen molar-refractivity contribution < 1.29 is 9.53 Å². The van der Waals surface area contributed by atoms with Crippen LogP contribution in [-0.2, 0) is 4.79 Å². The summed E-state index contributed by atoms with van der Waals surface area (Å²) >= 11 is 1.66. The number of carbonyl (C=O) groups is 1. The minimum Gasteiger partial charge on any atom is -0.483 e. The van der Waals surface area contributed by atoms with Crippen molar-refractivity contribution in [2.75, 3.05) is 6.61 Å². The molecule has 0 aliphatic carbocycles. The van der Waals surface area contributed by atoms with Crippen LogP contribution in [-0.4, -0.2) is 12.5 Å².